The average Bonchev–Trinajstić information content (AvgIpc) is 2.98. The molecular weight excluding hydrogens is 258 g/mol. The summed E-state index contributed by atoms with van der Waals surface area (Å²) in [6.45, 7) is 4.45. The predicted octanol–water partition coefficient (Wildman–Crippen LogP) is 3.10. The fraction of sp³-hybridized carbons (Fsp3) is 0.667. The highest BCUT2D eigenvalue weighted by molar-refractivity contribution is 7.10. The van der Waals surface area contributed by atoms with Crippen molar-refractivity contribution in [3.63, 3.8) is 0 Å². The second kappa shape index (κ2) is 7.06. The third-order valence-corrected chi connectivity index (χ3v) is 4.99. The zero-order chi connectivity index (χ0) is 13.6. The minimum Gasteiger partial charge on any atom is -0.381 e. The lowest BCUT2D eigenvalue weighted by Gasteiger charge is -2.36. The van der Waals surface area contributed by atoms with E-state index in [9.17, 15) is 4.79 Å². The topological polar surface area (TPSA) is 38.3 Å². The first-order valence-electron chi connectivity index (χ1n) is 7.15. The molecule has 19 heavy (non-hydrogen) atoms. The molecule has 2 heterocycles. The van der Waals surface area contributed by atoms with Crippen molar-refractivity contribution in [1.29, 1.82) is 0 Å². The van der Waals surface area contributed by atoms with Crippen molar-refractivity contribution in [2.24, 2.45) is 0 Å². The van der Waals surface area contributed by atoms with E-state index < -0.39 is 0 Å². The fourth-order valence-electron chi connectivity index (χ4n) is 2.55. The second-order valence-electron chi connectivity index (χ2n) is 5.25. The van der Waals surface area contributed by atoms with Crippen LogP contribution in [0.15, 0.2) is 17.5 Å². The summed E-state index contributed by atoms with van der Waals surface area (Å²) in [4.78, 5) is 13.2. The molecule has 1 N–H and O–H groups in total. The summed E-state index contributed by atoms with van der Waals surface area (Å²) in [5.41, 5.74) is 0.0916. The number of thiophene rings is 1. The largest absolute Gasteiger partial charge is 0.381 e. The van der Waals surface area contributed by atoms with Gasteiger partial charge in [-0.1, -0.05) is 19.4 Å². The van der Waals surface area contributed by atoms with Gasteiger partial charge in [-0.15, -0.1) is 11.3 Å². The molecule has 1 amide bonds. The van der Waals surface area contributed by atoms with Crippen molar-refractivity contribution in [3.05, 3.63) is 22.4 Å². The number of hydrogen-bond donors (Lipinski definition) is 1. The Balaban J connectivity index is 1.97. The molecule has 0 radical (unpaired) electrons. The standard InChI is InChI=1S/C15H23NO2S/c1-2-3-6-14(17)16-12-15(7-9-18-10-8-15)13-5-4-11-19-13/h4-5,11H,2-3,6-10,12H2,1H3,(H,16,17). The molecule has 1 aromatic rings. The third kappa shape index (κ3) is 3.80. The van der Waals surface area contributed by atoms with Gasteiger partial charge in [0.05, 0.1) is 0 Å². The maximum Gasteiger partial charge on any atom is 0.220 e. The van der Waals surface area contributed by atoms with Gasteiger partial charge in [-0.25, -0.2) is 0 Å². The summed E-state index contributed by atoms with van der Waals surface area (Å²) >= 11 is 1.79. The summed E-state index contributed by atoms with van der Waals surface area (Å²) in [6, 6.07) is 4.28. The Hall–Kier alpha value is -0.870. The first kappa shape index (κ1) is 14.5. The molecule has 1 aromatic heterocycles. The van der Waals surface area contributed by atoms with Crippen LogP contribution in [0, 0.1) is 0 Å². The van der Waals surface area contributed by atoms with Crippen LogP contribution in [0.5, 0.6) is 0 Å². The molecular formula is C15H23NO2S. The Labute approximate surface area is 119 Å². The van der Waals surface area contributed by atoms with Crippen LogP contribution in [0.25, 0.3) is 0 Å². The van der Waals surface area contributed by atoms with Crippen molar-refractivity contribution in [1.82, 2.24) is 5.32 Å². The van der Waals surface area contributed by atoms with E-state index in [-0.39, 0.29) is 11.3 Å². The number of carbonyl (C=O) groups is 1. The third-order valence-electron chi connectivity index (χ3n) is 3.88. The first-order chi connectivity index (χ1) is 9.27. The van der Waals surface area contributed by atoms with Gasteiger partial charge in [-0.3, -0.25) is 4.79 Å². The van der Waals surface area contributed by atoms with Gasteiger partial charge in [0.1, 0.15) is 0 Å². The van der Waals surface area contributed by atoms with E-state index in [0.29, 0.717) is 6.42 Å². The minimum absolute atomic E-state index is 0.0916. The molecule has 1 saturated heterocycles. The van der Waals surface area contributed by atoms with Gasteiger partial charge in [0.15, 0.2) is 0 Å². The molecule has 3 nitrogen and oxygen atoms in total. The van der Waals surface area contributed by atoms with Crippen molar-refractivity contribution < 1.29 is 9.53 Å². The molecule has 0 bridgehead atoms. The molecule has 0 aromatic carbocycles. The second-order valence-corrected chi connectivity index (χ2v) is 6.20. The molecule has 0 atom stereocenters. The molecule has 1 aliphatic heterocycles. The van der Waals surface area contributed by atoms with Gasteiger partial charge < -0.3 is 10.1 Å². The Morgan fingerprint density at radius 3 is 2.89 bits per heavy atom. The highest BCUT2D eigenvalue weighted by Gasteiger charge is 2.35. The van der Waals surface area contributed by atoms with Crippen LogP contribution < -0.4 is 5.32 Å². The number of hydrogen-bond acceptors (Lipinski definition) is 3. The fourth-order valence-corrected chi connectivity index (χ4v) is 3.53. The number of nitrogens with one attached hydrogen (secondary N) is 1. The van der Waals surface area contributed by atoms with Crippen LogP contribution in [-0.4, -0.2) is 25.7 Å². The number of amides is 1. The number of rotatable bonds is 6. The van der Waals surface area contributed by atoms with Gasteiger partial charge in [0.25, 0.3) is 0 Å². The van der Waals surface area contributed by atoms with Crippen molar-refractivity contribution in [2.45, 2.75) is 44.4 Å². The van der Waals surface area contributed by atoms with Gasteiger partial charge in [0, 0.05) is 36.5 Å². The van der Waals surface area contributed by atoms with E-state index in [2.05, 4.69) is 29.8 Å². The lowest BCUT2D eigenvalue weighted by atomic mass is 9.78. The molecule has 0 aliphatic carbocycles. The van der Waals surface area contributed by atoms with E-state index >= 15 is 0 Å². The van der Waals surface area contributed by atoms with Crippen LogP contribution >= 0.6 is 11.3 Å². The molecule has 2 rings (SSSR count). The molecule has 106 valence electrons. The Kier molecular flexibility index (Phi) is 5.40. The lowest BCUT2D eigenvalue weighted by molar-refractivity contribution is -0.121. The number of unbranched alkanes of at least 4 members (excludes halogenated alkanes) is 1. The van der Waals surface area contributed by atoms with Crippen LogP contribution in [0.2, 0.25) is 0 Å². The average molecular weight is 281 g/mol. The highest BCUT2D eigenvalue weighted by atomic mass is 32.1. The Morgan fingerprint density at radius 1 is 1.47 bits per heavy atom. The van der Waals surface area contributed by atoms with Crippen LogP contribution in [0.4, 0.5) is 0 Å². The van der Waals surface area contributed by atoms with Crippen molar-refractivity contribution in [2.75, 3.05) is 19.8 Å². The normalized spacial score (nSPS) is 18.2. The summed E-state index contributed by atoms with van der Waals surface area (Å²) < 4.78 is 5.49. The van der Waals surface area contributed by atoms with E-state index in [4.69, 9.17) is 4.74 Å². The summed E-state index contributed by atoms with van der Waals surface area (Å²) in [6.07, 6.45) is 4.69. The highest BCUT2D eigenvalue weighted by Crippen LogP contribution is 2.36. The zero-order valence-electron chi connectivity index (χ0n) is 11.6. The number of carbonyl (C=O) groups excluding carboxylic acids is 1. The summed E-state index contributed by atoms with van der Waals surface area (Å²) in [5.74, 6) is 0.185. The maximum atomic E-state index is 11.8. The Morgan fingerprint density at radius 2 is 2.26 bits per heavy atom. The van der Waals surface area contributed by atoms with E-state index in [0.717, 1.165) is 45.4 Å². The molecule has 0 saturated carbocycles. The van der Waals surface area contributed by atoms with E-state index in [1.165, 1.54) is 4.88 Å². The lowest BCUT2D eigenvalue weighted by Crippen LogP contribution is -2.44. The first-order valence-corrected chi connectivity index (χ1v) is 8.03. The van der Waals surface area contributed by atoms with Gasteiger partial charge in [-0.05, 0) is 30.7 Å². The zero-order valence-corrected chi connectivity index (χ0v) is 12.4. The Bertz CT molecular complexity index is 383. The van der Waals surface area contributed by atoms with Crippen molar-refractivity contribution in [3.8, 4) is 0 Å². The smallest absolute Gasteiger partial charge is 0.220 e. The van der Waals surface area contributed by atoms with Crippen LogP contribution in [0.1, 0.15) is 43.9 Å². The van der Waals surface area contributed by atoms with Crippen LogP contribution in [-0.2, 0) is 14.9 Å². The number of ether oxygens (including phenoxy) is 1. The molecule has 1 fully saturated rings. The van der Waals surface area contributed by atoms with Crippen molar-refractivity contribution >= 4 is 17.2 Å². The monoisotopic (exact) mass is 281 g/mol. The summed E-state index contributed by atoms with van der Waals surface area (Å²) in [5, 5.41) is 5.24. The van der Waals surface area contributed by atoms with E-state index in [1.807, 2.05) is 0 Å². The minimum atomic E-state index is 0.0916. The molecule has 0 unspecified atom stereocenters. The molecule has 1 aliphatic rings. The van der Waals surface area contributed by atoms with Gasteiger partial charge >= 0.3 is 0 Å². The van der Waals surface area contributed by atoms with Gasteiger partial charge in [0.2, 0.25) is 5.91 Å². The predicted molar refractivity (Wildman–Crippen MR) is 78.6 cm³/mol. The summed E-state index contributed by atoms with van der Waals surface area (Å²) in [7, 11) is 0. The maximum absolute atomic E-state index is 11.8. The quantitative estimate of drug-likeness (QED) is 0.870. The SMILES string of the molecule is CCCCC(=O)NCC1(c2cccs2)CCOCC1. The van der Waals surface area contributed by atoms with E-state index in [1.54, 1.807) is 11.3 Å². The van der Waals surface area contributed by atoms with Crippen LogP contribution in [0.3, 0.4) is 0 Å². The molecule has 0 spiro atoms. The van der Waals surface area contributed by atoms with Gasteiger partial charge in [-0.2, -0.15) is 0 Å². The molecule has 4 heteroatoms.